The van der Waals surface area contributed by atoms with E-state index in [1.807, 2.05) is 5.32 Å². The highest BCUT2D eigenvalue weighted by molar-refractivity contribution is 5.92. The summed E-state index contributed by atoms with van der Waals surface area (Å²) < 4.78 is 46.6. The molecule has 0 fully saturated rings. The maximum Gasteiger partial charge on any atom is 0.412 e. The maximum absolute atomic E-state index is 13.4. The first-order valence-corrected chi connectivity index (χ1v) is 7.88. The van der Waals surface area contributed by atoms with Crippen LogP contribution >= 0.6 is 0 Å². The molecule has 0 radical (unpaired) electrons. The highest BCUT2D eigenvalue weighted by Crippen LogP contribution is 2.33. The molecule has 0 saturated carbocycles. The van der Waals surface area contributed by atoms with Crippen molar-refractivity contribution in [2.24, 2.45) is 0 Å². The molecule has 0 aliphatic carbocycles. The maximum atomic E-state index is 13.4. The molecular formula is C18H15F3N4O2. The average Bonchev–Trinajstić information content (AvgIpc) is 3.16. The fraction of sp³-hybridized carbons (Fsp3) is 0.167. The fourth-order valence-electron chi connectivity index (χ4n) is 2.43. The predicted octanol–water partition coefficient (Wildman–Crippen LogP) is 3.31. The van der Waals surface area contributed by atoms with Gasteiger partial charge in [0.1, 0.15) is 5.75 Å². The normalized spacial score (nSPS) is 12.4. The van der Waals surface area contributed by atoms with Crippen molar-refractivity contribution in [2.45, 2.75) is 12.2 Å². The summed E-state index contributed by atoms with van der Waals surface area (Å²) in [5.41, 5.74) is 0.292. The van der Waals surface area contributed by atoms with E-state index < -0.39 is 18.1 Å². The molecule has 1 atom stereocenters. The van der Waals surface area contributed by atoms with E-state index in [9.17, 15) is 18.0 Å². The van der Waals surface area contributed by atoms with Crippen LogP contribution in [0.1, 0.15) is 22.1 Å². The molecule has 140 valence electrons. The molecular weight excluding hydrogens is 361 g/mol. The number of para-hydroxylation sites is 1. The Bertz CT molecular complexity index is 908. The van der Waals surface area contributed by atoms with E-state index >= 15 is 0 Å². The molecule has 6 nitrogen and oxygen atoms in total. The second-order valence-electron chi connectivity index (χ2n) is 5.61. The predicted molar refractivity (Wildman–Crippen MR) is 90.6 cm³/mol. The number of amides is 1. The van der Waals surface area contributed by atoms with E-state index in [0.29, 0.717) is 11.4 Å². The Hall–Kier alpha value is -3.36. The van der Waals surface area contributed by atoms with Gasteiger partial charge in [0.2, 0.25) is 0 Å². The molecule has 3 aromatic rings. The van der Waals surface area contributed by atoms with Crippen LogP contribution in [0.3, 0.4) is 0 Å². The van der Waals surface area contributed by atoms with E-state index in [2.05, 4.69) is 10.3 Å². The molecule has 1 unspecified atom stereocenters. The second kappa shape index (κ2) is 7.48. The summed E-state index contributed by atoms with van der Waals surface area (Å²) in [6, 6.07) is 11.9. The van der Waals surface area contributed by atoms with Crippen LogP contribution in [0.5, 0.6) is 5.75 Å². The van der Waals surface area contributed by atoms with Crippen LogP contribution < -0.4 is 10.1 Å². The Morgan fingerprint density at radius 2 is 1.78 bits per heavy atom. The zero-order valence-electron chi connectivity index (χ0n) is 14.1. The zero-order valence-corrected chi connectivity index (χ0v) is 14.1. The zero-order chi connectivity index (χ0) is 19.4. The summed E-state index contributed by atoms with van der Waals surface area (Å²) in [7, 11) is 1.41. The fourth-order valence-corrected chi connectivity index (χ4v) is 2.43. The number of ether oxygens (including phenoxy) is 1. The van der Waals surface area contributed by atoms with E-state index in [1.54, 1.807) is 30.3 Å². The van der Waals surface area contributed by atoms with Crippen LogP contribution in [0.4, 0.5) is 13.2 Å². The van der Waals surface area contributed by atoms with Gasteiger partial charge in [-0.2, -0.15) is 13.2 Å². The van der Waals surface area contributed by atoms with Gasteiger partial charge >= 0.3 is 6.18 Å². The molecule has 1 heterocycles. The summed E-state index contributed by atoms with van der Waals surface area (Å²) >= 11 is 0. The Morgan fingerprint density at radius 1 is 1.11 bits per heavy atom. The molecule has 0 aliphatic heterocycles. The summed E-state index contributed by atoms with van der Waals surface area (Å²) in [5.74, 6) is -0.563. The van der Waals surface area contributed by atoms with Crippen LogP contribution in [-0.2, 0) is 0 Å². The lowest BCUT2D eigenvalue weighted by molar-refractivity contribution is -0.155. The number of hydrogen-bond acceptors (Lipinski definition) is 4. The standard InChI is InChI=1S/C18H15F3N4O2/c1-27-14-9-7-12(8-10-14)16(18(19,20)21)22-17(26)15-11-25(24-23-15)13-5-3-2-4-6-13/h2-11,16H,1H3,(H,22,26). The number of aromatic nitrogens is 3. The highest BCUT2D eigenvalue weighted by atomic mass is 19.4. The van der Waals surface area contributed by atoms with Crippen molar-refractivity contribution in [3.05, 3.63) is 72.1 Å². The molecule has 2 aromatic carbocycles. The number of nitrogens with one attached hydrogen (secondary N) is 1. The molecule has 9 heteroatoms. The van der Waals surface area contributed by atoms with Crippen LogP contribution in [0.2, 0.25) is 0 Å². The first kappa shape index (κ1) is 18.4. The van der Waals surface area contributed by atoms with Crippen molar-refractivity contribution in [3.8, 4) is 11.4 Å². The summed E-state index contributed by atoms with van der Waals surface area (Å²) in [5, 5.41) is 9.41. The number of rotatable bonds is 5. The van der Waals surface area contributed by atoms with Crippen LogP contribution in [0, 0.1) is 0 Å². The van der Waals surface area contributed by atoms with Crippen molar-refractivity contribution in [1.29, 1.82) is 0 Å². The lowest BCUT2D eigenvalue weighted by atomic mass is 10.1. The van der Waals surface area contributed by atoms with E-state index in [4.69, 9.17) is 4.74 Å². The van der Waals surface area contributed by atoms with Gasteiger partial charge in [-0.15, -0.1) is 5.10 Å². The molecule has 0 aliphatic rings. The number of nitrogens with zero attached hydrogens (tertiary/aromatic N) is 3. The van der Waals surface area contributed by atoms with Gasteiger partial charge in [0, 0.05) is 0 Å². The van der Waals surface area contributed by atoms with Crippen LogP contribution in [0.15, 0.2) is 60.8 Å². The molecule has 1 amide bonds. The molecule has 27 heavy (non-hydrogen) atoms. The number of benzene rings is 2. The third-order valence-corrected chi connectivity index (χ3v) is 3.80. The minimum absolute atomic E-state index is 0.118. The first-order chi connectivity index (χ1) is 12.9. The lowest BCUT2D eigenvalue weighted by Crippen LogP contribution is -2.38. The topological polar surface area (TPSA) is 69.0 Å². The highest BCUT2D eigenvalue weighted by Gasteiger charge is 2.42. The van der Waals surface area contributed by atoms with Crippen LogP contribution in [0.25, 0.3) is 5.69 Å². The summed E-state index contributed by atoms with van der Waals surface area (Å²) in [6.07, 6.45) is -3.41. The summed E-state index contributed by atoms with van der Waals surface area (Å²) in [6.45, 7) is 0. The number of methoxy groups -OCH3 is 1. The minimum Gasteiger partial charge on any atom is -0.497 e. The third-order valence-electron chi connectivity index (χ3n) is 3.80. The van der Waals surface area contributed by atoms with Gasteiger partial charge in [-0.25, -0.2) is 4.68 Å². The lowest BCUT2D eigenvalue weighted by Gasteiger charge is -2.21. The van der Waals surface area contributed by atoms with Crippen molar-refractivity contribution >= 4 is 5.91 Å². The number of halogens is 3. The van der Waals surface area contributed by atoms with Crippen LogP contribution in [-0.4, -0.2) is 34.2 Å². The van der Waals surface area contributed by atoms with E-state index in [-0.39, 0.29) is 11.3 Å². The summed E-state index contributed by atoms with van der Waals surface area (Å²) in [4.78, 5) is 12.3. The van der Waals surface area contributed by atoms with Crippen molar-refractivity contribution in [2.75, 3.05) is 7.11 Å². The Kier molecular flexibility index (Phi) is 5.11. The van der Waals surface area contributed by atoms with E-state index in [0.717, 1.165) is 0 Å². The molecule has 1 aromatic heterocycles. The molecule has 0 bridgehead atoms. The number of alkyl halides is 3. The SMILES string of the molecule is COc1ccc(C(NC(=O)c2cn(-c3ccccc3)nn2)C(F)(F)F)cc1. The Balaban J connectivity index is 1.81. The molecule has 3 rings (SSSR count). The molecule has 1 N–H and O–H groups in total. The number of hydrogen-bond donors (Lipinski definition) is 1. The van der Waals surface area contributed by atoms with Crippen molar-refractivity contribution in [1.82, 2.24) is 20.3 Å². The monoisotopic (exact) mass is 376 g/mol. The van der Waals surface area contributed by atoms with Gasteiger partial charge in [0.05, 0.1) is 19.0 Å². The van der Waals surface area contributed by atoms with Gasteiger partial charge in [-0.05, 0) is 29.8 Å². The van der Waals surface area contributed by atoms with E-state index in [1.165, 1.54) is 42.3 Å². The minimum atomic E-state index is -4.68. The quantitative estimate of drug-likeness (QED) is 0.742. The van der Waals surface area contributed by atoms with Gasteiger partial charge in [0.25, 0.3) is 5.91 Å². The first-order valence-electron chi connectivity index (χ1n) is 7.88. The molecule has 0 spiro atoms. The van der Waals surface area contributed by atoms with Crippen molar-refractivity contribution < 1.29 is 22.7 Å². The largest absolute Gasteiger partial charge is 0.497 e. The Labute approximate surface area is 152 Å². The van der Waals surface area contributed by atoms with Gasteiger partial charge in [0.15, 0.2) is 11.7 Å². The van der Waals surface area contributed by atoms with Gasteiger partial charge in [-0.3, -0.25) is 4.79 Å². The molecule has 0 saturated heterocycles. The van der Waals surface area contributed by atoms with Gasteiger partial charge in [-0.1, -0.05) is 35.5 Å². The van der Waals surface area contributed by atoms with Gasteiger partial charge < -0.3 is 10.1 Å². The Morgan fingerprint density at radius 3 is 2.37 bits per heavy atom. The smallest absolute Gasteiger partial charge is 0.412 e. The number of carbonyl (C=O) groups is 1. The number of carbonyl (C=O) groups excluding carboxylic acids is 1. The van der Waals surface area contributed by atoms with Crippen molar-refractivity contribution in [3.63, 3.8) is 0 Å². The second-order valence-corrected chi connectivity index (χ2v) is 5.61. The average molecular weight is 376 g/mol. The third kappa shape index (κ3) is 4.25.